The van der Waals surface area contributed by atoms with Crippen LogP contribution in [0.3, 0.4) is 0 Å². The van der Waals surface area contributed by atoms with Crippen LogP contribution in [0, 0.1) is 5.92 Å². The van der Waals surface area contributed by atoms with E-state index >= 15 is 0 Å². The Kier molecular flexibility index (Phi) is 6.54. The summed E-state index contributed by atoms with van der Waals surface area (Å²) in [5.41, 5.74) is 5.30. The summed E-state index contributed by atoms with van der Waals surface area (Å²) in [6, 6.07) is 0.104. The van der Waals surface area contributed by atoms with Gasteiger partial charge in [0.2, 0.25) is 0 Å². The molecule has 24 heavy (non-hydrogen) atoms. The molecule has 3 N–H and O–H groups in total. The average molecular weight is 395 g/mol. The van der Waals surface area contributed by atoms with Crippen LogP contribution in [0.25, 0.3) is 0 Å². The molecular weight excluding hydrogens is 377 g/mol. The van der Waals surface area contributed by atoms with E-state index in [-0.39, 0.29) is 38.5 Å². The minimum absolute atomic E-state index is 0.0396. The number of amides is 1. The molecule has 1 saturated carbocycles. The lowest BCUT2D eigenvalue weighted by Gasteiger charge is -2.29. The lowest BCUT2D eigenvalue weighted by molar-refractivity contribution is -0.125. The third kappa shape index (κ3) is 4.43. The Bertz CT molecular complexity index is 655. The highest BCUT2D eigenvalue weighted by molar-refractivity contribution is 6.46. The minimum Gasteiger partial charge on any atom is -0.451 e. The molecule has 0 bridgehead atoms. The predicted octanol–water partition coefficient (Wildman–Crippen LogP) is 3.48. The minimum atomic E-state index is -0.892. The van der Waals surface area contributed by atoms with Gasteiger partial charge in [-0.3, -0.25) is 4.79 Å². The second kappa shape index (κ2) is 8.23. The van der Waals surface area contributed by atoms with Gasteiger partial charge in [-0.15, -0.1) is 0 Å². The Morgan fingerprint density at radius 3 is 2.58 bits per heavy atom. The van der Waals surface area contributed by atoms with E-state index in [2.05, 4.69) is 17.2 Å². The molecule has 9 heteroatoms. The lowest BCUT2D eigenvalue weighted by Crippen LogP contribution is -2.42. The molecule has 2 rings (SSSR count). The first-order valence-corrected chi connectivity index (χ1v) is 8.71. The predicted molar refractivity (Wildman–Crippen MR) is 93.5 cm³/mol. The Hall–Kier alpha value is -1.24. The van der Waals surface area contributed by atoms with Crippen LogP contribution in [-0.4, -0.2) is 29.5 Å². The summed E-state index contributed by atoms with van der Waals surface area (Å²) in [6.45, 7) is 1.67. The molecule has 2 atom stereocenters. The topological polar surface area (TPSA) is 94.3 Å². The number of nitrogen functional groups attached to an aromatic ring is 1. The van der Waals surface area contributed by atoms with E-state index in [0.29, 0.717) is 5.92 Å². The van der Waals surface area contributed by atoms with Crippen LogP contribution < -0.4 is 11.1 Å². The van der Waals surface area contributed by atoms with Gasteiger partial charge in [0.1, 0.15) is 5.02 Å². The number of anilines is 1. The molecule has 1 fully saturated rings. The van der Waals surface area contributed by atoms with Crippen molar-refractivity contribution in [3.8, 4) is 0 Å². The summed E-state index contributed by atoms with van der Waals surface area (Å²) in [5.74, 6) is -0.854. The van der Waals surface area contributed by atoms with E-state index < -0.39 is 12.6 Å². The molecule has 1 aliphatic rings. The molecule has 0 saturated heterocycles. The molecule has 0 unspecified atom stereocenters. The van der Waals surface area contributed by atoms with Crippen LogP contribution in [0.4, 0.5) is 5.69 Å². The number of halogens is 3. The second-order valence-electron chi connectivity index (χ2n) is 5.80. The highest BCUT2D eigenvalue weighted by Gasteiger charge is 2.24. The molecule has 0 spiro atoms. The van der Waals surface area contributed by atoms with Crippen molar-refractivity contribution in [3.05, 3.63) is 20.9 Å². The van der Waals surface area contributed by atoms with Gasteiger partial charge in [0.25, 0.3) is 5.91 Å². The number of esters is 1. The first kappa shape index (κ1) is 19.1. The van der Waals surface area contributed by atoms with Crippen LogP contribution in [0.15, 0.2) is 0 Å². The van der Waals surface area contributed by atoms with E-state index in [1.807, 2.05) is 0 Å². The van der Waals surface area contributed by atoms with Crippen LogP contribution in [0.5, 0.6) is 0 Å². The third-order valence-corrected chi connectivity index (χ3v) is 5.19. The number of carbonyl (C=O) groups is 2. The zero-order valence-electron chi connectivity index (χ0n) is 13.1. The Morgan fingerprint density at radius 1 is 1.25 bits per heavy atom. The smallest absolute Gasteiger partial charge is 0.359 e. The molecule has 1 aromatic rings. The van der Waals surface area contributed by atoms with Gasteiger partial charge in [-0.25, -0.2) is 9.78 Å². The summed E-state index contributed by atoms with van der Waals surface area (Å²) in [7, 11) is 0. The largest absolute Gasteiger partial charge is 0.451 e. The van der Waals surface area contributed by atoms with Crippen LogP contribution in [0.1, 0.15) is 43.1 Å². The SMILES string of the molecule is C[C@H]1CCCC[C@@H]1NC(=O)COC(=O)c1nc(Cl)c(Cl)c(N)c1Cl. The van der Waals surface area contributed by atoms with Gasteiger partial charge in [-0.2, -0.15) is 0 Å². The number of nitrogens with two attached hydrogens (primary N) is 1. The van der Waals surface area contributed by atoms with E-state index in [1.54, 1.807) is 0 Å². The summed E-state index contributed by atoms with van der Waals surface area (Å²) in [6.07, 6.45) is 4.26. The monoisotopic (exact) mass is 393 g/mol. The molecule has 1 aromatic heterocycles. The van der Waals surface area contributed by atoms with Crippen molar-refractivity contribution < 1.29 is 14.3 Å². The van der Waals surface area contributed by atoms with Crippen LogP contribution >= 0.6 is 34.8 Å². The third-order valence-electron chi connectivity index (χ3n) is 4.06. The van der Waals surface area contributed by atoms with Crippen molar-refractivity contribution in [2.24, 2.45) is 5.92 Å². The number of aromatic nitrogens is 1. The van der Waals surface area contributed by atoms with Crippen LogP contribution in [0.2, 0.25) is 15.2 Å². The molecule has 0 radical (unpaired) electrons. The molecule has 6 nitrogen and oxygen atoms in total. The molecule has 0 aromatic carbocycles. The summed E-state index contributed by atoms with van der Waals surface area (Å²) >= 11 is 17.5. The average Bonchev–Trinajstić information content (AvgIpc) is 2.56. The maximum Gasteiger partial charge on any atom is 0.359 e. The fourth-order valence-electron chi connectivity index (χ4n) is 2.65. The van der Waals surface area contributed by atoms with Crippen molar-refractivity contribution in [3.63, 3.8) is 0 Å². The van der Waals surface area contributed by atoms with Gasteiger partial charge in [-0.1, -0.05) is 54.6 Å². The molecular formula is C15H18Cl3N3O3. The Balaban J connectivity index is 1.94. The molecule has 1 aliphatic carbocycles. The fourth-order valence-corrected chi connectivity index (χ4v) is 3.23. The Labute approximate surface area is 155 Å². The Morgan fingerprint density at radius 2 is 1.92 bits per heavy atom. The maximum atomic E-state index is 12.0. The van der Waals surface area contributed by atoms with Crippen LogP contribution in [-0.2, 0) is 9.53 Å². The number of carbonyl (C=O) groups excluding carboxylic acids is 2. The van der Waals surface area contributed by atoms with Crippen molar-refractivity contribution in [2.45, 2.75) is 38.6 Å². The van der Waals surface area contributed by atoms with E-state index in [0.717, 1.165) is 19.3 Å². The fraction of sp³-hybridized carbons (Fsp3) is 0.533. The van der Waals surface area contributed by atoms with Gasteiger partial charge in [0.15, 0.2) is 17.5 Å². The van der Waals surface area contributed by atoms with Crippen molar-refractivity contribution >= 4 is 52.4 Å². The normalized spacial score (nSPS) is 20.5. The van der Waals surface area contributed by atoms with Gasteiger partial charge < -0.3 is 15.8 Å². The van der Waals surface area contributed by atoms with Crippen molar-refractivity contribution in [2.75, 3.05) is 12.3 Å². The summed E-state index contributed by atoms with van der Waals surface area (Å²) in [5, 5.41) is 2.52. The number of nitrogens with zero attached hydrogens (tertiary/aromatic N) is 1. The zero-order chi connectivity index (χ0) is 17.9. The van der Waals surface area contributed by atoms with Gasteiger partial charge in [0.05, 0.1) is 10.7 Å². The number of hydrogen-bond donors (Lipinski definition) is 2. The van der Waals surface area contributed by atoms with E-state index in [4.69, 9.17) is 45.3 Å². The molecule has 1 amide bonds. The first-order chi connectivity index (χ1) is 11.3. The van der Waals surface area contributed by atoms with Gasteiger partial charge in [0, 0.05) is 6.04 Å². The standard InChI is InChI=1S/C15H18Cl3N3O3/c1-7-4-2-3-5-8(7)20-9(22)6-24-15(23)13-10(16)12(19)11(17)14(18)21-13/h7-8H,2-6H2,1H3,(H2,19,21)(H,20,22)/t7-,8-/m0/s1. The maximum absolute atomic E-state index is 12.0. The number of pyridine rings is 1. The highest BCUT2D eigenvalue weighted by Crippen LogP contribution is 2.34. The summed E-state index contributed by atoms with van der Waals surface area (Å²) < 4.78 is 4.94. The number of nitrogens with one attached hydrogen (secondary N) is 1. The molecule has 0 aliphatic heterocycles. The van der Waals surface area contributed by atoms with Gasteiger partial charge >= 0.3 is 5.97 Å². The number of hydrogen-bond acceptors (Lipinski definition) is 5. The number of ether oxygens (including phenoxy) is 1. The molecule has 1 heterocycles. The number of rotatable bonds is 4. The summed E-state index contributed by atoms with van der Waals surface area (Å²) in [4.78, 5) is 27.7. The van der Waals surface area contributed by atoms with E-state index in [1.165, 1.54) is 6.42 Å². The first-order valence-electron chi connectivity index (χ1n) is 7.57. The van der Waals surface area contributed by atoms with Crippen molar-refractivity contribution in [1.82, 2.24) is 10.3 Å². The zero-order valence-corrected chi connectivity index (χ0v) is 15.3. The van der Waals surface area contributed by atoms with E-state index in [9.17, 15) is 9.59 Å². The quantitative estimate of drug-likeness (QED) is 0.602. The molecule has 132 valence electrons. The second-order valence-corrected chi connectivity index (χ2v) is 6.92. The van der Waals surface area contributed by atoms with Gasteiger partial charge in [-0.05, 0) is 18.8 Å². The lowest BCUT2D eigenvalue weighted by atomic mass is 9.86. The highest BCUT2D eigenvalue weighted by atomic mass is 35.5. The van der Waals surface area contributed by atoms with Crippen molar-refractivity contribution in [1.29, 1.82) is 0 Å².